The van der Waals surface area contributed by atoms with Crippen LogP contribution in [-0.2, 0) is 30.1 Å². The van der Waals surface area contributed by atoms with E-state index in [1.54, 1.807) is 11.8 Å². The monoisotopic (exact) mass is 1210 g/mol. The normalized spacial score (nSPS) is 26.6. The fourth-order valence-corrected chi connectivity index (χ4v) is 15.8. The standard InChI is InChI=1S/C31H36Cl2N4O2S.C22H20Cl2N2O2S.C9H18N2O/c1-20(2)26-27(29(38)36-14-4-5-25(36)19-35-15-17-39-18-16-35)40-30-34-31(3,22-8-12-24(33)13-9-22)28(37(26)30)21-6-10-23(32)11-7-21;1-12(2)17-18(20(27)28)29-21-25-22(3,14-6-10-16(24)11-7-14)19(26(17)21)13-4-8-15(23)9-5-13;1-2-9(10-3-1)8-11-4-6-12-7-5-11/h6-13,20,25,28H,4-5,14-19H2,1-3H3;4-12,19H,1-3H3,(H,27,28);9-10H,1-8H2/t25-,28+,31-;19-,22+;9-/m010/s1. The number of halogens is 4. The van der Waals surface area contributed by atoms with Crippen LogP contribution in [0.15, 0.2) is 128 Å². The van der Waals surface area contributed by atoms with Gasteiger partial charge in [-0.1, -0.05) is 123 Å². The summed E-state index contributed by atoms with van der Waals surface area (Å²) in [6, 6.07) is 32.1. The molecular weight excluding hydrogens is 1140 g/mol. The summed E-state index contributed by atoms with van der Waals surface area (Å²) in [5.41, 5.74) is 4.91. The van der Waals surface area contributed by atoms with Crippen molar-refractivity contribution in [3.05, 3.63) is 161 Å². The number of allylic oxidation sites excluding steroid dienone is 2. The molecule has 0 radical (unpaired) electrons. The number of hydrogen-bond acceptors (Lipinski definition) is 13. The Hall–Kier alpha value is -4.10. The van der Waals surface area contributed by atoms with Gasteiger partial charge in [0.2, 0.25) is 0 Å². The number of thioether (sulfide) groups is 2. The van der Waals surface area contributed by atoms with Gasteiger partial charge in [-0.15, -0.1) is 0 Å². The number of fused-ring (bicyclic) bond motifs is 2. The van der Waals surface area contributed by atoms with Gasteiger partial charge in [0.25, 0.3) is 5.91 Å². The number of amides is 1. The van der Waals surface area contributed by atoms with Crippen molar-refractivity contribution < 1.29 is 24.2 Å². The number of aliphatic carboxylic acids is 1. The highest BCUT2D eigenvalue weighted by atomic mass is 35.5. The largest absolute Gasteiger partial charge is 0.477 e. The zero-order valence-corrected chi connectivity index (χ0v) is 51.7. The fraction of sp³-hybridized carbons (Fsp3) is 0.484. The molecule has 12 rings (SSSR count). The van der Waals surface area contributed by atoms with E-state index >= 15 is 0 Å². The third-order valence-corrected chi connectivity index (χ3v) is 19.8. The average molecular weight is 1220 g/mol. The van der Waals surface area contributed by atoms with Gasteiger partial charge in [0.1, 0.15) is 20.9 Å². The number of carboxylic acid groups (broad SMARTS) is 1. The van der Waals surface area contributed by atoms with Crippen LogP contribution in [0, 0.1) is 11.8 Å². The Morgan fingerprint density at radius 1 is 0.605 bits per heavy atom. The van der Waals surface area contributed by atoms with Gasteiger partial charge >= 0.3 is 5.97 Å². The highest BCUT2D eigenvalue weighted by Crippen LogP contribution is 2.58. The molecule has 19 heteroatoms. The maximum Gasteiger partial charge on any atom is 0.344 e. The first-order valence-corrected chi connectivity index (χ1v) is 31.6. The van der Waals surface area contributed by atoms with Crippen LogP contribution in [0.5, 0.6) is 0 Å². The molecule has 8 aliphatic rings. The molecular formula is C62H74Cl4N8O5S2. The van der Waals surface area contributed by atoms with Crippen LogP contribution >= 0.6 is 69.9 Å². The van der Waals surface area contributed by atoms with Gasteiger partial charge in [-0.3, -0.25) is 14.6 Å². The summed E-state index contributed by atoms with van der Waals surface area (Å²) in [5, 5.41) is 17.6. The molecule has 0 unspecified atom stereocenters. The van der Waals surface area contributed by atoms with Gasteiger partial charge in [-0.2, -0.15) is 0 Å². The minimum Gasteiger partial charge on any atom is -0.477 e. The van der Waals surface area contributed by atoms with E-state index in [-0.39, 0.29) is 35.9 Å². The summed E-state index contributed by atoms with van der Waals surface area (Å²) >= 11 is 27.6. The lowest BCUT2D eigenvalue weighted by Crippen LogP contribution is -2.47. The van der Waals surface area contributed by atoms with Crippen molar-refractivity contribution in [3.63, 3.8) is 0 Å². The van der Waals surface area contributed by atoms with Crippen molar-refractivity contribution in [3.8, 4) is 0 Å². The number of aliphatic imine (C=N–C) groups is 2. The Kier molecular flexibility index (Phi) is 19.3. The second-order valence-corrected chi connectivity index (χ2v) is 26.6. The number of likely N-dealkylation sites (tertiary alicyclic amines) is 1. The van der Waals surface area contributed by atoms with Crippen molar-refractivity contribution in [2.24, 2.45) is 21.8 Å². The third kappa shape index (κ3) is 13.0. The maximum absolute atomic E-state index is 14.3. The molecule has 432 valence electrons. The topological polar surface area (TPSA) is 126 Å². The van der Waals surface area contributed by atoms with Crippen molar-refractivity contribution in [1.29, 1.82) is 0 Å². The molecule has 4 fully saturated rings. The summed E-state index contributed by atoms with van der Waals surface area (Å²) in [7, 11) is 0. The Balaban J connectivity index is 0.000000156. The Bertz CT molecular complexity index is 3020. The lowest BCUT2D eigenvalue weighted by Gasteiger charge is -2.37. The fourth-order valence-electron chi connectivity index (χ4n) is 12.6. The first kappa shape index (κ1) is 60.0. The van der Waals surface area contributed by atoms with E-state index in [1.807, 2.05) is 86.6 Å². The van der Waals surface area contributed by atoms with Gasteiger partial charge in [0.05, 0.1) is 38.5 Å². The van der Waals surface area contributed by atoms with Crippen LogP contribution in [-0.4, -0.2) is 143 Å². The summed E-state index contributed by atoms with van der Waals surface area (Å²) in [6.45, 7) is 24.3. The van der Waals surface area contributed by atoms with E-state index < -0.39 is 17.0 Å². The minimum atomic E-state index is -0.918. The number of hydrogen-bond donors (Lipinski definition) is 2. The maximum atomic E-state index is 14.3. The number of nitrogens with zero attached hydrogens (tertiary/aromatic N) is 7. The van der Waals surface area contributed by atoms with Gasteiger partial charge < -0.3 is 34.6 Å². The van der Waals surface area contributed by atoms with Gasteiger partial charge in [-0.25, -0.2) is 14.8 Å². The molecule has 4 saturated heterocycles. The molecule has 4 aromatic carbocycles. The number of carbonyl (C=O) groups excluding carboxylic acids is 1. The molecule has 8 heterocycles. The average Bonchev–Trinajstić information content (AvgIpc) is 2.46. The molecule has 0 bridgehead atoms. The number of carbonyl (C=O) groups is 2. The summed E-state index contributed by atoms with van der Waals surface area (Å²) in [5.74, 6) is -0.603. The van der Waals surface area contributed by atoms with Crippen molar-refractivity contribution >= 4 is 92.1 Å². The van der Waals surface area contributed by atoms with E-state index in [1.165, 1.54) is 37.7 Å². The lowest BCUT2D eigenvalue weighted by atomic mass is 9.81. The number of carboxylic acids is 1. The van der Waals surface area contributed by atoms with Crippen LogP contribution in [0.3, 0.4) is 0 Å². The molecule has 81 heavy (non-hydrogen) atoms. The minimum absolute atomic E-state index is 0.0312. The third-order valence-electron chi connectivity index (χ3n) is 16.7. The van der Waals surface area contributed by atoms with Gasteiger partial charge in [0.15, 0.2) is 10.3 Å². The molecule has 2 N–H and O–H groups in total. The Labute approximate surface area is 506 Å². The molecule has 0 spiro atoms. The highest BCUT2D eigenvalue weighted by Gasteiger charge is 2.55. The van der Waals surface area contributed by atoms with Crippen LogP contribution < -0.4 is 5.32 Å². The predicted molar refractivity (Wildman–Crippen MR) is 331 cm³/mol. The lowest BCUT2D eigenvalue weighted by molar-refractivity contribution is -0.132. The summed E-state index contributed by atoms with van der Waals surface area (Å²) < 4.78 is 10.8. The van der Waals surface area contributed by atoms with Crippen molar-refractivity contribution in [2.45, 2.75) is 102 Å². The SMILES string of the molecule is C1CN[C@H](CN2CCOCC2)C1.CC(C)C1=C(C(=O)N2CCC[C@H]2CN2CCOCC2)SC2=N[C@@](C)(c3ccc(Cl)cc3)[C@@H](c3ccc(Cl)cc3)N21.CC(C)C1=C(C(=O)O)SC2=N[C@@](C)(c3ccc(Cl)cc3)[C@@H](c3ccc(Cl)cc3)N21. The molecule has 8 aliphatic heterocycles. The smallest absolute Gasteiger partial charge is 0.344 e. The van der Waals surface area contributed by atoms with E-state index in [0.717, 1.165) is 128 Å². The van der Waals surface area contributed by atoms with Crippen LogP contribution in [0.25, 0.3) is 0 Å². The van der Waals surface area contributed by atoms with Gasteiger partial charge in [-0.05, 0) is 152 Å². The summed E-state index contributed by atoms with van der Waals surface area (Å²) in [6.07, 6.45) is 4.81. The second-order valence-electron chi connectivity index (χ2n) is 22.9. The first-order chi connectivity index (χ1) is 38.9. The van der Waals surface area contributed by atoms with Crippen molar-refractivity contribution in [1.82, 2.24) is 29.8 Å². The number of morpholine rings is 2. The van der Waals surface area contributed by atoms with E-state index in [2.05, 4.69) is 81.8 Å². The number of rotatable bonds is 12. The molecule has 1 amide bonds. The molecule has 0 aromatic heterocycles. The quantitative estimate of drug-likeness (QED) is 0.140. The highest BCUT2D eigenvalue weighted by molar-refractivity contribution is 8.18. The van der Waals surface area contributed by atoms with E-state index in [9.17, 15) is 14.7 Å². The zero-order chi connectivity index (χ0) is 57.2. The summed E-state index contributed by atoms with van der Waals surface area (Å²) in [4.78, 5) is 49.3. The number of ether oxygens (including phenoxy) is 2. The molecule has 0 saturated carbocycles. The molecule has 0 aliphatic carbocycles. The number of nitrogens with one attached hydrogen (secondary N) is 1. The Morgan fingerprint density at radius 2 is 1.02 bits per heavy atom. The number of amidine groups is 2. The van der Waals surface area contributed by atoms with E-state index in [0.29, 0.717) is 30.2 Å². The molecule has 13 nitrogen and oxygen atoms in total. The Morgan fingerprint density at radius 3 is 1.44 bits per heavy atom. The molecule has 4 aromatic rings. The first-order valence-electron chi connectivity index (χ1n) is 28.5. The second kappa shape index (κ2) is 26.0. The van der Waals surface area contributed by atoms with Crippen LogP contribution in [0.2, 0.25) is 20.1 Å². The van der Waals surface area contributed by atoms with E-state index in [4.69, 9.17) is 65.9 Å². The zero-order valence-electron chi connectivity index (χ0n) is 47.1. The van der Waals surface area contributed by atoms with Crippen molar-refractivity contribution in [2.75, 3.05) is 78.8 Å². The van der Waals surface area contributed by atoms with Crippen LogP contribution in [0.4, 0.5) is 0 Å². The van der Waals surface area contributed by atoms with Gasteiger partial charge in [0, 0.05) is 89.4 Å². The van der Waals surface area contributed by atoms with Crippen LogP contribution in [0.1, 0.15) is 102 Å². The number of benzene rings is 4. The molecule has 6 atom stereocenters. The predicted octanol–water partition coefficient (Wildman–Crippen LogP) is 13.0.